The first-order valence-corrected chi connectivity index (χ1v) is 22.0. The van der Waals surface area contributed by atoms with Crippen molar-refractivity contribution in [1.82, 2.24) is 0 Å². The summed E-state index contributed by atoms with van der Waals surface area (Å²) in [7, 11) is -1.73. The maximum absolute atomic E-state index is 4.15. The van der Waals surface area contributed by atoms with Crippen molar-refractivity contribution >= 4 is 37.1 Å². The molecule has 0 spiro atoms. The molecular formula is C52H58P2. The SMILES string of the molecule is C=CCc1cc(CC=C)cc(P(c2cc(CC=C)cc(CC=C)c2)C2(P(c3cc(CC=C)cc(CC=C)c3)c3cc(CC=C)cc(CC=C)c3)CCC2)c1. The molecule has 0 amide bonds. The number of benzene rings is 4. The molecule has 0 bridgehead atoms. The molecule has 0 atom stereocenters. The van der Waals surface area contributed by atoms with Crippen molar-refractivity contribution in [1.29, 1.82) is 0 Å². The Morgan fingerprint density at radius 1 is 0.333 bits per heavy atom. The second-order valence-corrected chi connectivity index (χ2v) is 20.0. The van der Waals surface area contributed by atoms with E-state index in [1.54, 1.807) is 0 Å². The van der Waals surface area contributed by atoms with Gasteiger partial charge < -0.3 is 0 Å². The van der Waals surface area contributed by atoms with Crippen molar-refractivity contribution in [3.8, 4) is 0 Å². The van der Waals surface area contributed by atoms with Crippen LogP contribution in [-0.2, 0) is 51.4 Å². The highest BCUT2D eigenvalue weighted by Crippen LogP contribution is 2.73. The maximum Gasteiger partial charge on any atom is 0.0267 e. The van der Waals surface area contributed by atoms with Crippen molar-refractivity contribution in [3.63, 3.8) is 0 Å². The van der Waals surface area contributed by atoms with E-state index >= 15 is 0 Å². The summed E-state index contributed by atoms with van der Waals surface area (Å²) in [5, 5.41) is 5.82. The topological polar surface area (TPSA) is 0 Å². The molecular weight excluding hydrogens is 687 g/mol. The van der Waals surface area contributed by atoms with Crippen LogP contribution in [0.1, 0.15) is 63.8 Å². The van der Waals surface area contributed by atoms with E-state index in [-0.39, 0.29) is 4.90 Å². The molecule has 0 heterocycles. The maximum atomic E-state index is 4.15. The van der Waals surface area contributed by atoms with E-state index in [1.165, 1.54) is 85.0 Å². The van der Waals surface area contributed by atoms with Gasteiger partial charge in [0.1, 0.15) is 0 Å². The first kappa shape index (κ1) is 40.8. The predicted molar refractivity (Wildman–Crippen MR) is 246 cm³/mol. The number of allylic oxidation sites excluding steroid dienone is 8. The van der Waals surface area contributed by atoms with Gasteiger partial charge in [0.2, 0.25) is 0 Å². The molecule has 0 aliphatic heterocycles. The smallest absolute Gasteiger partial charge is 0.0267 e. The van der Waals surface area contributed by atoms with E-state index < -0.39 is 15.8 Å². The van der Waals surface area contributed by atoms with Crippen LogP contribution in [0.2, 0.25) is 0 Å². The summed E-state index contributed by atoms with van der Waals surface area (Å²) in [6.07, 6.45) is 26.6. The minimum Gasteiger partial charge on any atom is -0.103 e. The zero-order valence-electron chi connectivity index (χ0n) is 32.4. The molecule has 1 aliphatic carbocycles. The van der Waals surface area contributed by atoms with Crippen LogP contribution in [0.3, 0.4) is 0 Å². The average Bonchev–Trinajstić information content (AvgIpc) is 3.11. The molecule has 54 heavy (non-hydrogen) atoms. The van der Waals surface area contributed by atoms with E-state index in [9.17, 15) is 0 Å². The Morgan fingerprint density at radius 3 is 0.648 bits per heavy atom. The molecule has 1 saturated carbocycles. The molecule has 1 aliphatic rings. The summed E-state index contributed by atoms with van der Waals surface area (Å²) < 4.78 is 0. The third kappa shape index (κ3) is 9.66. The van der Waals surface area contributed by atoms with Gasteiger partial charge in [0.25, 0.3) is 0 Å². The third-order valence-electron chi connectivity index (χ3n) is 10.2. The number of rotatable bonds is 22. The standard InChI is InChI=1S/C52H58P2/c1-9-18-40-28-41(19-10-2)33-48(32-40)53(49-34-42(20-11-3)29-43(35-49)21-12-4)52(26-17-27-52)54(50-36-44(22-13-5)30-45(37-50)23-14-6)51-38-46(24-15-7)31-47(39-51)25-16-8/h9-16,28-39H,1-8,17-27H2. The van der Waals surface area contributed by atoms with Gasteiger partial charge >= 0.3 is 0 Å². The molecule has 4 aromatic carbocycles. The van der Waals surface area contributed by atoms with Crippen LogP contribution in [0, 0.1) is 0 Å². The van der Waals surface area contributed by atoms with Crippen LogP contribution in [0.4, 0.5) is 0 Å². The van der Waals surface area contributed by atoms with Gasteiger partial charge in [-0.25, -0.2) is 0 Å². The summed E-state index contributed by atoms with van der Waals surface area (Å²) in [4.78, 5) is 0.0116. The van der Waals surface area contributed by atoms with E-state index in [1.807, 2.05) is 48.6 Å². The number of hydrogen-bond acceptors (Lipinski definition) is 0. The lowest BCUT2D eigenvalue weighted by Crippen LogP contribution is -2.44. The van der Waals surface area contributed by atoms with Crippen molar-refractivity contribution in [2.45, 2.75) is 75.5 Å². The van der Waals surface area contributed by atoms with E-state index in [2.05, 4.69) is 125 Å². The minimum absolute atomic E-state index is 0.0116. The zero-order valence-corrected chi connectivity index (χ0v) is 34.2. The van der Waals surface area contributed by atoms with Gasteiger partial charge in [-0.1, -0.05) is 128 Å². The quantitative estimate of drug-likeness (QED) is 0.0555. The van der Waals surface area contributed by atoms with Gasteiger partial charge in [0, 0.05) is 4.90 Å². The first-order chi connectivity index (χ1) is 26.3. The Balaban J connectivity index is 1.93. The van der Waals surface area contributed by atoms with Crippen LogP contribution in [0.15, 0.2) is 174 Å². The third-order valence-corrected chi connectivity index (χ3v) is 17.1. The number of hydrogen-bond donors (Lipinski definition) is 0. The minimum atomic E-state index is -0.863. The first-order valence-electron chi connectivity index (χ1n) is 19.3. The van der Waals surface area contributed by atoms with E-state index in [0.717, 1.165) is 51.4 Å². The lowest BCUT2D eigenvalue weighted by Gasteiger charge is -2.54. The monoisotopic (exact) mass is 744 g/mol. The summed E-state index contributed by atoms with van der Waals surface area (Å²) >= 11 is 0. The zero-order chi connectivity index (χ0) is 38.5. The summed E-state index contributed by atoms with van der Waals surface area (Å²) in [6.45, 7) is 33.2. The normalized spacial score (nSPS) is 13.1. The Kier molecular flexibility index (Phi) is 15.0. The molecule has 2 heteroatoms. The Bertz CT molecular complexity index is 1630. The molecule has 0 nitrogen and oxygen atoms in total. The van der Waals surface area contributed by atoms with Crippen molar-refractivity contribution in [2.24, 2.45) is 0 Å². The average molecular weight is 745 g/mol. The van der Waals surface area contributed by atoms with Gasteiger partial charge in [-0.2, -0.15) is 0 Å². The van der Waals surface area contributed by atoms with Crippen LogP contribution in [0.5, 0.6) is 0 Å². The van der Waals surface area contributed by atoms with Gasteiger partial charge in [-0.15, -0.1) is 52.6 Å². The molecule has 0 N–H and O–H groups in total. The second-order valence-electron chi connectivity index (χ2n) is 14.5. The van der Waals surface area contributed by atoms with Crippen LogP contribution >= 0.6 is 15.8 Å². The van der Waals surface area contributed by atoms with Crippen molar-refractivity contribution in [2.75, 3.05) is 0 Å². The lowest BCUT2D eigenvalue weighted by atomic mass is 9.98. The van der Waals surface area contributed by atoms with Crippen LogP contribution < -0.4 is 21.2 Å². The lowest BCUT2D eigenvalue weighted by molar-refractivity contribution is 0.474. The largest absolute Gasteiger partial charge is 0.103 e. The fourth-order valence-electron chi connectivity index (χ4n) is 8.06. The van der Waals surface area contributed by atoms with Crippen LogP contribution in [-0.4, -0.2) is 4.90 Å². The molecule has 0 unspecified atom stereocenters. The van der Waals surface area contributed by atoms with Gasteiger partial charge in [0.05, 0.1) is 0 Å². The molecule has 0 radical (unpaired) electrons. The van der Waals surface area contributed by atoms with Crippen molar-refractivity contribution < 1.29 is 0 Å². The highest BCUT2D eigenvalue weighted by Gasteiger charge is 2.52. The molecule has 1 fully saturated rings. The molecule has 276 valence electrons. The molecule has 0 aromatic heterocycles. The Morgan fingerprint density at radius 2 is 0.519 bits per heavy atom. The van der Waals surface area contributed by atoms with Crippen LogP contribution in [0.25, 0.3) is 0 Å². The molecule has 0 saturated heterocycles. The second kappa shape index (κ2) is 19.8. The van der Waals surface area contributed by atoms with Crippen molar-refractivity contribution in [3.05, 3.63) is 219 Å². The Labute approximate surface area is 329 Å². The fraction of sp³-hybridized carbons (Fsp3) is 0.231. The Hall–Kier alpha value is -4.34. The van der Waals surface area contributed by atoms with E-state index in [4.69, 9.17) is 0 Å². The molecule has 4 aromatic rings. The van der Waals surface area contributed by atoms with E-state index in [0.29, 0.717) is 0 Å². The van der Waals surface area contributed by atoms with Gasteiger partial charge in [0.15, 0.2) is 0 Å². The highest BCUT2D eigenvalue weighted by molar-refractivity contribution is 7.91. The summed E-state index contributed by atoms with van der Waals surface area (Å²) in [5.74, 6) is 0. The van der Waals surface area contributed by atoms with Gasteiger partial charge in [-0.05, 0) is 146 Å². The molecule has 5 rings (SSSR count). The van der Waals surface area contributed by atoms with Gasteiger partial charge in [-0.3, -0.25) is 0 Å². The summed E-state index contributed by atoms with van der Waals surface area (Å²) in [6, 6.07) is 29.5. The predicted octanol–water partition coefficient (Wildman–Crippen LogP) is 12.0. The fourth-order valence-corrected chi connectivity index (χ4v) is 16.7. The highest BCUT2D eigenvalue weighted by atomic mass is 31.2. The summed E-state index contributed by atoms with van der Waals surface area (Å²) in [5.41, 5.74) is 10.6.